The van der Waals surface area contributed by atoms with Crippen LogP contribution in [-0.2, 0) is 15.1 Å². The van der Waals surface area contributed by atoms with Gasteiger partial charge in [-0.2, -0.15) is 0 Å². The molecule has 1 aromatic heterocycles. The van der Waals surface area contributed by atoms with Gasteiger partial charge in [0, 0.05) is 24.4 Å². The molecule has 1 atom stereocenters. The Hall–Kier alpha value is -1.66. The van der Waals surface area contributed by atoms with Gasteiger partial charge in [0.2, 0.25) is 11.5 Å². The molecular formula is C11H16N2O4. The van der Waals surface area contributed by atoms with Crippen LogP contribution in [0.4, 0.5) is 0 Å². The van der Waals surface area contributed by atoms with Crippen molar-refractivity contribution in [2.24, 2.45) is 5.73 Å². The molecule has 0 saturated carbocycles. The van der Waals surface area contributed by atoms with Crippen molar-refractivity contribution in [3.8, 4) is 5.88 Å². The van der Waals surface area contributed by atoms with Gasteiger partial charge in [-0.05, 0) is 13.0 Å². The van der Waals surface area contributed by atoms with Crippen molar-refractivity contribution < 1.29 is 19.4 Å². The summed E-state index contributed by atoms with van der Waals surface area (Å²) < 4.78 is 9.66. The molecule has 94 valence electrons. The number of nitrogens with zero attached hydrogens (tertiary/aromatic N) is 1. The second kappa shape index (κ2) is 5.60. The third-order valence-electron chi connectivity index (χ3n) is 2.33. The van der Waals surface area contributed by atoms with Crippen molar-refractivity contribution in [3.05, 3.63) is 23.9 Å². The van der Waals surface area contributed by atoms with E-state index in [-0.39, 0.29) is 18.7 Å². The maximum absolute atomic E-state index is 11.6. The SMILES string of the molecule is CCOC(=O)C(O)(CN)c1ccc(OC)nc1. The number of aromatic nitrogens is 1. The van der Waals surface area contributed by atoms with E-state index in [1.807, 2.05) is 0 Å². The Kier molecular flexibility index (Phi) is 4.42. The summed E-state index contributed by atoms with van der Waals surface area (Å²) in [6.07, 6.45) is 1.34. The van der Waals surface area contributed by atoms with E-state index in [1.165, 1.54) is 25.4 Å². The van der Waals surface area contributed by atoms with Gasteiger partial charge in [-0.15, -0.1) is 0 Å². The largest absolute Gasteiger partial charge is 0.481 e. The maximum Gasteiger partial charge on any atom is 0.344 e. The molecule has 0 aliphatic rings. The lowest BCUT2D eigenvalue weighted by molar-refractivity contribution is -0.165. The fraction of sp³-hybridized carbons (Fsp3) is 0.455. The zero-order valence-corrected chi connectivity index (χ0v) is 9.84. The smallest absolute Gasteiger partial charge is 0.344 e. The molecule has 0 aromatic carbocycles. The van der Waals surface area contributed by atoms with Crippen LogP contribution < -0.4 is 10.5 Å². The van der Waals surface area contributed by atoms with E-state index in [1.54, 1.807) is 6.92 Å². The van der Waals surface area contributed by atoms with Gasteiger partial charge >= 0.3 is 5.97 Å². The molecule has 3 N–H and O–H groups in total. The molecule has 0 amide bonds. The minimum atomic E-state index is -1.87. The van der Waals surface area contributed by atoms with Crippen LogP contribution in [0.15, 0.2) is 18.3 Å². The minimum absolute atomic E-state index is 0.171. The van der Waals surface area contributed by atoms with E-state index < -0.39 is 11.6 Å². The number of rotatable bonds is 5. The van der Waals surface area contributed by atoms with Crippen LogP contribution in [-0.4, -0.2) is 36.3 Å². The number of esters is 1. The quantitative estimate of drug-likeness (QED) is 0.692. The van der Waals surface area contributed by atoms with Gasteiger partial charge in [-0.1, -0.05) is 0 Å². The van der Waals surface area contributed by atoms with Crippen molar-refractivity contribution in [1.29, 1.82) is 0 Å². The van der Waals surface area contributed by atoms with Crippen molar-refractivity contribution in [1.82, 2.24) is 4.98 Å². The highest BCUT2D eigenvalue weighted by Crippen LogP contribution is 2.22. The Balaban J connectivity index is 3.02. The molecule has 0 fully saturated rings. The molecule has 0 radical (unpaired) electrons. The van der Waals surface area contributed by atoms with Gasteiger partial charge in [0.25, 0.3) is 0 Å². The van der Waals surface area contributed by atoms with Crippen molar-refractivity contribution >= 4 is 5.97 Å². The first-order valence-electron chi connectivity index (χ1n) is 5.18. The first kappa shape index (κ1) is 13.4. The molecule has 1 heterocycles. The van der Waals surface area contributed by atoms with Crippen molar-refractivity contribution in [2.75, 3.05) is 20.3 Å². The van der Waals surface area contributed by atoms with Gasteiger partial charge in [-0.3, -0.25) is 0 Å². The number of ether oxygens (including phenoxy) is 2. The molecule has 6 heteroatoms. The Bertz CT molecular complexity index is 380. The predicted octanol–water partition coefficient (Wildman–Crippen LogP) is -0.200. The highest BCUT2D eigenvalue weighted by atomic mass is 16.5. The van der Waals surface area contributed by atoms with E-state index in [4.69, 9.17) is 15.2 Å². The minimum Gasteiger partial charge on any atom is -0.481 e. The van der Waals surface area contributed by atoms with Gasteiger partial charge in [-0.25, -0.2) is 9.78 Å². The number of carbonyl (C=O) groups is 1. The number of methoxy groups -OCH3 is 1. The topological polar surface area (TPSA) is 94.7 Å². The third-order valence-corrected chi connectivity index (χ3v) is 2.33. The summed E-state index contributed by atoms with van der Waals surface area (Å²) in [5.41, 5.74) is 3.84. The second-order valence-electron chi connectivity index (χ2n) is 3.37. The van der Waals surface area contributed by atoms with Crippen LogP contribution in [0.2, 0.25) is 0 Å². The number of aliphatic hydroxyl groups is 1. The van der Waals surface area contributed by atoms with Crippen molar-refractivity contribution in [2.45, 2.75) is 12.5 Å². The van der Waals surface area contributed by atoms with Crippen LogP contribution >= 0.6 is 0 Å². The standard InChI is InChI=1S/C11H16N2O4/c1-3-17-10(14)11(15,7-12)8-4-5-9(16-2)13-6-8/h4-6,15H,3,7,12H2,1-2H3. The lowest BCUT2D eigenvalue weighted by Gasteiger charge is -2.24. The van der Waals surface area contributed by atoms with Crippen LogP contribution in [0.1, 0.15) is 12.5 Å². The zero-order chi connectivity index (χ0) is 12.9. The summed E-state index contributed by atoms with van der Waals surface area (Å²) in [7, 11) is 1.47. The second-order valence-corrected chi connectivity index (χ2v) is 3.37. The Morgan fingerprint density at radius 1 is 1.59 bits per heavy atom. The highest BCUT2D eigenvalue weighted by Gasteiger charge is 2.38. The fourth-order valence-electron chi connectivity index (χ4n) is 1.32. The van der Waals surface area contributed by atoms with Gasteiger partial charge in [0.15, 0.2) is 0 Å². The van der Waals surface area contributed by atoms with E-state index >= 15 is 0 Å². The average Bonchev–Trinajstić information content (AvgIpc) is 2.38. The number of hydrogen-bond acceptors (Lipinski definition) is 6. The molecule has 0 aliphatic heterocycles. The summed E-state index contributed by atoms with van der Waals surface area (Å²) in [6, 6.07) is 3.06. The molecule has 0 bridgehead atoms. The summed E-state index contributed by atoms with van der Waals surface area (Å²) in [5.74, 6) is -0.397. The summed E-state index contributed by atoms with van der Waals surface area (Å²) in [5, 5.41) is 10.2. The fourth-order valence-corrected chi connectivity index (χ4v) is 1.32. The lowest BCUT2D eigenvalue weighted by Crippen LogP contribution is -2.44. The summed E-state index contributed by atoms with van der Waals surface area (Å²) in [4.78, 5) is 15.5. The Morgan fingerprint density at radius 3 is 2.71 bits per heavy atom. The molecule has 17 heavy (non-hydrogen) atoms. The van der Waals surface area contributed by atoms with E-state index in [0.717, 1.165) is 0 Å². The van der Waals surface area contributed by atoms with Gasteiger partial charge in [0.05, 0.1) is 13.7 Å². The lowest BCUT2D eigenvalue weighted by atomic mass is 9.96. The Labute approximate surface area is 99.4 Å². The van der Waals surface area contributed by atoms with Crippen LogP contribution in [0.3, 0.4) is 0 Å². The zero-order valence-electron chi connectivity index (χ0n) is 9.84. The molecule has 6 nitrogen and oxygen atoms in total. The maximum atomic E-state index is 11.6. The molecule has 1 rings (SSSR count). The van der Waals surface area contributed by atoms with Gasteiger partial charge in [0.1, 0.15) is 0 Å². The first-order chi connectivity index (χ1) is 8.08. The van der Waals surface area contributed by atoms with Gasteiger partial charge < -0.3 is 20.3 Å². The number of carbonyl (C=O) groups excluding carboxylic acids is 1. The normalized spacial score (nSPS) is 13.9. The monoisotopic (exact) mass is 240 g/mol. The average molecular weight is 240 g/mol. The van der Waals surface area contributed by atoms with Crippen LogP contribution in [0.25, 0.3) is 0 Å². The number of hydrogen-bond donors (Lipinski definition) is 2. The van der Waals surface area contributed by atoms with E-state index in [9.17, 15) is 9.90 Å². The molecule has 0 aliphatic carbocycles. The van der Waals surface area contributed by atoms with Crippen LogP contribution in [0.5, 0.6) is 5.88 Å². The molecular weight excluding hydrogens is 224 g/mol. The Morgan fingerprint density at radius 2 is 2.29 bits per heavy atom. The number of nitrogens with two attached hydrogens (primary N) is 1. The van der Waals surface area contributed by atoms with Crippen LogP contribution in [0, 0.1) is 0 Å². The molecule has 1 unspecified atom stereocenters. The van der Waals surface area contributed by atoms with E-state index in [2.05, 4.69) is 4.98 Å². The summed E-state index contributed by atoms with van der Waals surface area (Å²) in [6.45, 7) is 1.55. The van der Waals surface area contributed by atoms with E-state index in [0.29, 0.717) is 5.88 Å². The highest BCUT2D eigenvalue weighted by molar-refractivity contribution is 5.81. The first-order valence-corrected chi connectivity index (χ1v) is 5.18. The summed E-state index contributed by atoms with van der Waals surface area (Å²) >= 11 is 0. The molecule has 0 spiro atoms. The molecule has 0 saturated heterocycles. The molecule has 1 aromatic rings. The number of pyridine rings is 1. The van der Waals surface area contributed by atoms with Crippen molar-refractivity contribution in [3.63, 3.8) is 0 Å². The third kappa shape index (κ3) is 2.72. The predicted molar refractivity (Wildman–Crippen MR) is 60.4 cm³/mol.